The standard InChI is InChI=1S/C17H23NO/c1-3-7-15(12-13-18-2)19-17-11-6-9-14-8-4-5-10-16(14)17/h4-6,8-11,15,18H,3,7,12-13H2,1-2H3/t15-/m0/s1. The molecule has 0 heterocycles. The van der Waals surface area contributed by atoms with Gasteiger partial charge < -0.3 is 10.1 Å². The fourth-order valence-corrected chi connectivity index (χ4v) is 2.37. The van der Waals surface area contributed by atoms with E-state index in [4.69, 9.17) is 4.74 Å². The van der Waals surface area contributed by atoms with Gasteiger partial charge in [-0.3, -0.25) is 0 Å². The summed E-state index contributed by atoms with van der Waals surface area (Å²) in [6, 6.07) is 14.7. The van der Waals surface area contributed by atoms with E-state index in [2.05, 4.69) is 54.7 Å². The van der Waals surface area contributed by atoms with Gasteiger partial charge in [-0.05, 0) is 37.9 Å². The largest absolute Gasteiger partial charge is 0.490 e. The van der Waals surface area contributed by atoms with Crippen molar-refractivity contribution < 1.29 is 4.74 Å². The second-order valence-electron chi connectivity index (χ2n) is 4.90. The van der Waals surface area contributed by atoms with Gasteiger partial charge in [-0.2, -0.15) is 0 Å². The molecule has 1 atom stereocenters. The minimum atomic E-state index is 0.295. The molecule has 0 unspecified atom stereocenters. The van der Waals surface area contributed by atoms with Gasteiger partial charge in [0, 0.05) is 5.39 Å². The van der Waals surface area contributed by atoms with Gasteiger partial charge in [0.1, 0.15) is 5.75 Å². The van der Waals surface area contributed by atoms with E-state index in [1.165, 1.54) is 10.8 Å². The molecule has 102 valence electrons. The fraction of sp³-hybridized carbons (Fsp3) is 0.412. The van der Waals surface area contributed by atoms with Crippen molar-refractivity contribution in [1.82, 2.24) is 5.32 Å². The molecule has 0 aliphatic rings. The molecule has 0 fully saturated rings. The molecule has 0 bridgehead atoms. The molecule has 2 nitrogen and oxygen atoms in total. The highest BCUT2D eigenvalue weighted by atomic mass is 16.5. The predicted octanol–water partition coefficient (Wildman–Crippen LogP) is 4.00. The molecule has 0 saturated heterocycles. The molecule has 2 aromatic rings. The van der Waals surface area contributed by atoms with Crippen LogP contribution >= 0.6 is 0 Å². The summed E-state index contributed by atoms with van der Waals surface area (Å²) in [5.74, 6) is 1.01. The number of ether oxygens (including phenoxy) is 1. The number of nitrogens with one attached hydrogen (secondary N) is 1. The molecule has 2 heteroatoms. The van der Waals surface area contributed by atoms with Gasteiger partial charge in [-0.1, -0.05) is 49.7 Å². The Hall–Kier alpha value is -1.54. The van der Waals surface area contributed by atoms with Crippen LogP contribution in [-0.2, 0) is 0 Å². The smallest absolute Gasteiger partial charge is 0.127 e. The molecule has 2 aromatic carbocycles. The van der Waals surface area contributed by atoms with Crippen molar-refractivity contribution in [3.63, 3.8) is 0 Å². The van der Waals surface area contributed by atoms with Crippen molar-refractivity contribution in [3.8, 4) is 5.75 Å². The van der Waals surface area contributed by atoms with E-state index in [9.17, 15) is 0 Å². The summed E-state index contributed by atoms with van der Waals surface area (Å²) in [6.07, 6.45) is 3.60. The first-order valence-corrected chi connectivity index (χ1v) is 7.14. The van der Waals surface area contributed by atoms with Crippen molar-refractivity contribution in [1.29, 1.82) is 0 Å². The second-order valence-corrected chi connectivity index (χ2v) is 4.90. The van der Waals surface area contributed by atoms with Gasteiger partial charge in [-0.15, -0.1) is 0 Å². The first-order valence-electron chi connectivity index (χ1n) is 7.14. The Labute approximate surface area is 115 Å². The summed E-state index contributed by atoms with van der Waals surface area (Å²) in [5.41, 5.74) is 0. The SMILES string of the molecule is CCC[C@@H](CCNC)Oc1cccc2ccccc12. The zero-order chi connectivity index (χ0) is 13.5. The fourth-order valence-electron chi connectivity index (χ4n) is 2.37. The van der Waals surface area contributed by atoms with Crippen LogP contribution in [-0.4, -0.2) is 19.7 Å². The van der Waals surface area contributed by atoms with Gasteiger partial charge in [0.05, 0.1) is 6.10 Å². The molecule has 0 amide bonds. The zero-order valence-electron chi connectivity index (χ0n) is 11.9. The summed E-state index contributed by atoms with van der Waals surface area (Å²) in [7, 11) is 1.99. The molecule has 0 aliphatic carbocycles. The second kappa shape index (κ2) is 7.15. The Bertz CT molecular complexity index is 504. The maximum absolute atomic E-state index is 6.23. The first-order chi connectivity index (χ1) is 9.35. The summed E-state index contributed by atoms with van der Waals surface area (Å²) < 4.78 is 6.23. The monoisotopic (exact) mass is 257 g/mol. The molecule has 0 spiro atoms. The van der Waals surface area contributed by atoms with E-state index in [0.29, 0.717) is 6.10 Å². The van der Waals surface area contributed by atoms with E-state index in [1.807, 2.05) is 7.05 Å². The van der Waals surface area contributed by atoms with Crippen molar-refractivity contribution in [2.45, 2.75) is 32.3 Å². The van der Waals surface area contributed by atoms with Crippen molar-refractivity contribution >= 4 is 10.8 Å². The third kappa shape index (κ3) is 3.71. The maximum atomic E-state index is 6.23. The average molecular weight is 257 g/mol. The predicted molar refractivity (Wildman–Crippen MR) is 81.8 cm³/mol. The van der Waals surface area contributed by atoms with Gasteiger partial charge in [0.15, 0.2) is 0 Å². The Morgan fingerprint density at radius 1 is 1.05 bits per heavy atom. The minimum absolute atomic E-state index is 0.295. The van der Waals surface area contributed by atoms with Crippen LogP contribution in [0.15, 0.2) is 42.5 Å². The molecule has 0 radical (unpaired) electrons. The van der Waals surface area contributed by atoms with Crippen LogP contribution in [0.25, 0.3) is 10.8 Å². The van der Waals surface area contributed by atoms with Gasteiger partial charge >= 0.3 is 0 Å². The molecule has 1 N–H and O–H groups in total. The number of hydrogen-bond donors (Lipinski definition) is 1. The number of hydrogen-bond acceptors (Lipinski definition) is 2. The molecular formula is C17H23NO. The van der Waals surface area contributed by atoms with Crippen LogP contribution in [0.1, 0.15) is 26.2 Å². The molecule has 0 saturated carbocycles. The van der Waals surface area contributed by atoms with Crippen LogP contribution < -0.4 is 10.1 Å². The molecular weight excluding hydrogens is 234 g/mol. The highest BCUT2D eigenvalue weighted by Crippen LogP contribution is 2.27. The quantitative estimate of drug-likeness (QED) is 0.809. The lowest BCUT2D eigenvalue weighted by Crippen LogP contribution is -2.22. The van der Waals surface area contributed by atoms with E-state index < -0.39 is 0 Å². The number of benzene rings is 2. The van der Waals surface area contributed by atoms with Gasteiger partial charge in [0.2, 0.25) is 0 Å². The summed E-state index contributed by atoms with van der Waals surface area (Å²) in [6.45, 7) is 3.20. The van der Waals surface area contributed by atoms with E-state index in [-0.39, 0.29) is 0 Å². The highest BCUT2D eigenvalue weighted by Gasteiger charge is 2.10. The number of rotatable bonds is 7. The van der Waals surface area contributed by atoms with E-state index in [1.54, 1.807) is 0 Å². The van der Waals surface area contributed by atoms with Crippen molar-refractivity contribution in [2.24, 2.45) is 0 Å². The lowest BCUT2D eigenvalue weighted by Gasteiger charge is -2.19. The normalized spacial score (nSPS) is 12.5. The van der Waals surface area contributed by atoms with Crippen LogP contribution in [0.4, 0.5) is 0 Å². The lowest BCUT2D eigenvalue weighted by molar-refractivity contribution is 0.182. The zero-order valence-corrected chi connectivity index (χ0v) is 11.9. The Kier molecular flexibility index (Phi) is 5.22. The Morgan fingerprint density at radius 3 is 2.63 bits per heavy atom. The van der Waals surface area contributed by atoms with Crippen LogP contribution in [0.5, 0.6) is 5.75 Å². The van der Waals surface area contributed by atoms with Crippen LogP contribution in [0, 0.1) is 0 Å². The lowest BCUT2D eigenvalue weighted by atomic mass is 10.1. The first kappa shape index (κ1) is 13.9. The molecule has 0 aromatic heterocycles. The van der Waals surface area contributed by atoms with E-state index in [0.717, 1.165) is 31.6 Å². The van der Waals surface area contributed by atoms with Gasteiger partial charge in [0.25, 0.3) is 0 Å². The molecule has 19 heavy (non-hydrogen) atoms. The van der Waals surface area contributed by atoms with Crippen molar-refractivity contribution in [3.05, 3.63) is 42.5 Å². The Balaban J connectivity index is 2.18. The molecule has 2 rings (SSSR count). The summed E-state index contributed by atoms with van der Waals surface area (Å²) in [4.78, 5) is 0. The third-order valence-electron chi connectivity index (χ3n) is 3.37. The molecule has 0 aliphatic heterocycles. The summed E-state index contributed by atoms with van der Waals surface area (Å²) >= 11 is 0. The van der Waals surface area contributed by atoms with E-state index >= 15 is 0 Å². The van der Waals surface area contributed by atoms with Crippen LogP contribution in [0.2, 0.25) is 0 Å². The van der Waals surface area contributed by atoms with Crippen LogP contribution in [0.3, 0.4) is 0 Å². The summed E-state index contributed by atoms with van der Waals surface area (Å²) in [5, 5.41) is 5.64. The maximum Gasteiger partial charge on any atom is 0.127 e. The third-order valence-corrected chi connectivity index (χ3v) is 3.37. The minimum Gasteiger partial charge on any atom is -0.490 e. The number of fused-ring (bicyclic) bond motifs is 1. The average Bonchev–Trinajstić information content (AvgIpc) is 2.45. The Morgan fingerprint density at radius 2 is 1.84 bits per heavy atom. The van der Waals surface area contributed by atoms with Gasteiger partial charge in [-0.25, -0.2) is 0 Å². The highest BCUT2D eigenvalue weighted by molar-refractivity contribution is 5.88. The topological polar surface area (TPSA) is 21.3 Å². The van der Waals surface area contributed by atoms with Crippen molar-refractivity contribution in [2.75, 3.05) is 13.6 Å².